The molecule has 0 saturated heterocycles. The topological polar surface area (TPSA) is 241 Å². The van der Waals surface area contributed by atoms with Crippen LogP contribution in [0.25, 0.3) is 0 Å². The van der Waals surface area contributed by atoms with Crippen LogP contribution >= 0.6 is 0 Å². The Kier molecular flexibility index (Phi) is 9.43. The fourth-order valence-corrected chi connectivity index (χ4v) is 5.21. The summed E-state index contributed by atoms with van der Waals surface area (Å²) in [5.74, 6) is -0.0145. The SMILES string of the molecule is CCOC(=O)CCc1cc(Oc2nc(Oc3cc(C(=N)N)ccc3N)nc3c2NC(=O)C(Cc2cnc[nH]2)N3)cc(C2N=CCCN2)c1. The molecule has 6 rings (SSSR count). The fourth-order valence-electron chi connectivity index (χ4n) is 5.21. The number of H-pyrrole nitrogens is 1. The predicted molar refractivity (Wildman–Crippen MR) is 178 cm³/mol. The van der Waals surface area contributed by atoms with Crippen molar-refractivity contribution in [1.29, 1.82) is 5.41 Å². The Morgan fingerprint density at radius 1 is 1.15 bits per heavy atom. The van der Waals surface area contributed by atoms with Crippen molar-refractivity contribution < 1.29 is 23.8 Å². The van der Waals surface area contributed by atoms with Gasteiger partial charge in [0.2, 0.25) is 5.91 Å². The molecule has 1 amide bonds. The molecular weight excluding hydrogens is 618 g/mol. The Morgan fingerprint density at radius 3 is 2.77 bits per heavy atom. The summed E-state index contributed by atoms with van der Waals surface area (Å²) in [6, 6.07) is 9.39. The van der Waals surface area contributed by atoms with E-state index in [4.69, 9.17) is 31.1 Å². The second-order valence-corrected chi connectivity index (χ2v) is 11.1. The molecule has 48 heavy (non-hydrogen) atoms. The number of amidine groups is 1. The lowest BCUT2D eigenvalue weighted by atomic mass is 10.0. The van der Waals surface area contributed by atoms with E-state index in [1.807, 2.05) is 18.3 Å². The van der Waals surface area contributed by atoms with Crippen LogP contribution in [-0.4, -0.2) is 63.1 Å². The summed E-state index contributed by atoms with van der Waals surface area (Å²) in [4.78, 5) is 46.1. The van der Waals surface area contributed by atoms with Gasteiger partial charge >= 0.3 is 12.0 Å². The van der Waals surface area contributed by atoms with Crippen molar-refractivity contribution in [1.82, 2.24) is 25.3 Å². The van der Waals surface area contributed by atoms with Crippen LogP contribution in [0.3, 0.4) is 0 Å². The predicted octanol–water partition coefficient (Wildman–Crippen LogP) is 3.18. The average molecular weight is 654 g/mol. The number of aliphatic imine (C=N–C) groups is 1. The molecule has 16 nitrogen and oxygen atoms in total. The van der Waals surface area contributed by atoms with Crippen molar-refractivity contribution in [3.8, 4) is 23.4 Å². The standard InChI is InChI=1S/C32H35N11O5/c1-2-46-25(44)7-4-17-10-19(28-37-8-3-9-38-28)12-21(11-17)47-31-26-29(40-23(30(45)41-26)14-20-15-36-16-39-20)42-32(43-31)48-24-13-18(27(34)35)5-6-22(24)33/h5-6,8,10-13,15-16,23,28,38H,2-4,7,9,14,33H2,1H3,(H3,34,35)(H,36,39)(H,41,45)(H,40,42,43). The number of aromatic amines is 1. The molecule has 0 bridgehead atoms. The van der Waals surface area contributed by atoms with Crippen molar-refractivity contribution in [2.75, 3.05) is 29.5 Å². The minimum absolute atomic E-state index is 0.00858. The van der Waals surface area contributed by atoms with Crippen LogP contribution in [0.2, 0.25) is 0 Å². The number of carbonyl (C=O) groups is 2. The molecule has 0 aliphatic carbocycles. The van der Waals surface area contributed by atoms with Crippen LogP contribution in [0.1, 0.15) is 48.3 Å². The molecule has 2 aliphatic rings. The van der Waals surface area contributed by atoms with Crippen molar-refractivity contribution >= 4 is 41.1 Å². The van der Waals surface area contributed by atoms with E-state index in [9.17, 15) is 9.59 Å². The van der Waals surface area contributed by atoms with E-state index in [-0.39, 0.29) is 65.1 Å². The maximum absolute atomic E-state index is 13.3. The number of nitrogens with zero attached hydrogens (tertiary/aromatic N) is 4. The van der Waals surface area contributed by atoms with Crippen molar-refractivity contribution in [3.63, 3.8) is 0 Å². The maximum Gasteiger partial charge on any atom is 0.327 e. The molecule has 248 valence electrons. The van der Waals surface area contributed by atoms with Gasteiger partial charge in [0.1, 0.15) is 29.5 Å². The molecule has 16 heteroatoms. The Labute approximate surface area is 275 Å². The molecule has 0 fully saturated rings. The largest absolute Gasteiger partial charge is 0.466 e. The van der Waals surface area contributed by atoms with Crippen LogP contribution in [0.15, 0.2) is 53.9 Å². The van der Waals surface area contributed by atoms with Crippen LogP contribution in [0.4, 0.5) is 17.2 Å². The highest BCUT2D eigenvalue weighted by Crippen LogP contribution is 2.40. The first-order chi connectivity index (χ1) is 23.2. The van der Waals surface area contributed by atoms with Crippen LogP contribution in [0.5, 0.6) is 23.4 Å². The molecule has 0 spiro atoms. The first-order valence-corrected chi connectivity index (χ1v) is 15.4. The summed E-state index contributed by atoms with van der Waals surface area (Å²) in [6.07, 6.45) is 6.41. The number of anilines is 3. The summed E-state index contributed by atoms with van der Waals surface area (Å²) in [6.45, 7) is 2.81. The van der Waals surface area contributed by atoms with Crippen LogP contribution < -0.4 is 36.9 Å². The Bertz CT molecular complexity index is 1860. The van der Waals surface area contributed by atoms with E-state index < -0.39 is 6.04 Å². The average Bonchev–Trinajstić information content (AvgIpc) is 3.59. The van der Waals surface area contributed by atoms with Gasteiger partial charge in [-0.25, -0.2) is 4.98 Å². The molecule has 2 aromatic heterocycles. The van der Waals surface area contributed by atoms with Gasteiger partial charge in [-0.1, -0.05) is 6.07 Å². The van der Waals surface area contributed by atoms with Crippen molar-refractivity contribution in [2.45, 2.75) is 44.8 Å². The second kappa shape index (κ2) is 14.2. The molecule has 2 atom stereocenters. The number of hydrogen-bond donors (Lipinski definition) is 7. The van der Waals surface area contributed by atoms with Gasteiger partial charge in [0, 0.05) is 43.1 Å². The van der Waals surface area contributed by atoms with E-state index in [1.165, 1.54) is 12.4 Å². The summed E-state index contributed by atoms with van der Waals surface area (Å²) in [5, 5.41) is 17.2. The number of nitrogens with two attached hydrogens (primary N) is 2. The van der Waals surface area contributed by atoms with Gasteiger partial charge in [-0.2, -0.15) is 9.97 Å². The number of rotatable bonds is 12. The molecule has 0 saturated carbocycles. The van der Waals surface area contributed by atoms with Gasteiger partial charge in [0.05, 0.1) is 18.6 Å². The number of nitrogens with one attached hydrogen (secondary N) is 5. The third-order valence-corrected chi connectivity index (χ3v) is 7.54. The molecule has 4 heterocycles. The summed E-state index contributed by atoms with van der Waals surface area (Å²) in [7, 11) is 0. The smallest absolute Gasteiger partial charge is 0.327 e. The van der Waals surface area contributed by atoms with Gasteiger partial charge in [0.25, 0.3) is 5.88 Å². The monoisotopic (exact) mass is 653 g/mol. The first kappa shape index (κ1) is 31.9. The Morgan fingerprint density at radius 2 is 2.02 bits per heavy atom. The van der Waals surface area contributed by atoms with E-state index in [1.54, 1.807) is 31.3 Å². The highest BCUT2D eigenvalue weighted by Gasteiger charge is 2.32. The van der Waals surface area contributed by atoms with Gasteiger partial charge in [0.15, 0.2) is 11.6 Å². The van der Waals surface area contributed by atoms with Crippen LogP contribution in [-0.2, 0) is 27.2 Å². The zero-order valence-electron chi connectivity index (χ0n) is 26.1. The zero-order valence-corrected chi connectivity index (χ0v) is 26.1. The minimum Gasteiger partial charge on any atom is -0.466 e. The van der Waals surface area contributed by atoms with Gasteiger partial charge in [-0.15, -0.1) is 0 Å². The first-order valence-electron chi connectivity index (χ1n) is 15.4. The van der Waals surface area contributed by atoms with E-state index in [2.05, 4.69) is 40.9 Å². The lowest BCUT2D eigenvalue weighted by molar-refractivity contribution is -0.143. The zero-order chi connectivity index (χ0) is 33.6. The van der Waals surface area contributed by atoms with Gasteiger partial charge in [-0.05, 0) is 61.2 Å². The summed E-state index contributed by atoms with van der Waals surface area (Å²) < 4.78 is 17.5. The number of fused-ring (bicyclic) bond motifs is 1. The third-order valence-electron chi connectivity index (χ3n) is 7.54. The molecule has 4 aromatic rings. The quantitative estimate of drug-likeness (QED) is 0.0505. The number of ether oxygens (including phenoxy) is 3. The number of amides is 1. The van der Waals surface area contributed by atoms with Crippen molar-refractivity contribution in [3.05, 3.63) is 71.3 Å². The lowest BCUT2D eigenvalue weighted by Crippen LogP contribution is -2.41. The Hall–Kier alpha value is -6.03. The fraction of sp³-hybridized carbons (Fsp3) is 0.281. The molecule has 0 radical (unpaired) electrons. The maximum atomic E-state index is 13.3. The summed E-state index contributed by atoms with van der Waals surface area (Å²) >= 11 is 0. The second-order valence-electron chi connectivity index (χ2n) is 11.1. The third kappa shape index (κ3) is 7.50. The van der Waals surface area contributed by atoms with Gasteiger partial charge < -0.3 is 41.3 Å². The number of carbonyl (C=O) groups excluding carboxylic acids is 2. The lowest BCUT2D eigenvalue weighted by Gasteiger charge is -2.27. The normalized spacial score (nSPS) is 16.7. The number of hydrogen-bond acceptors (Lipinski definition) is 13. The number of benzene rings is 2. The van der Waals surface area contributed by atoms with Crippen LogP contribution in [0, 0.1) is 5.41 Å². The van der Waals surface area contributed by atoms with E-state index in [0.717, 1.165) is 29.8 Å². The number of imidazole rings is 1. The molecular formula is C32H35N11O5. The minimum atomic E-state index is -0.701. The molecule has 2 aliphatic heterocycles. The number of aromatic nitrogens is 4. The molecule has 2 unspecified atom stereocenters. The van der Waals surface area contributed by atoms with E-state index >= 15 is 0 Å². The number of esters is 1. The van der Waals surface area contributed by atoms with E-state index in [0.29, 0.717) is 30.8 Å². The summed E-state index contributed by atoms with van der Waals surface area (Å²) in [5.41, 5.74) is 15.1. The highest BCUT2D eigenvalue weighted by molar-refractivity contribution is 6.03. The highest BCUT2D eigenvalue weighted by atomic mass is 16.5. The molecule has 2 aromatic carbocycles. The number of nitrogen functional groups attached to an aromatic ring is 2. The molecule has 9 N–H and O–H groups in total. The Balaban J connectivity index is 1.38. The van der Waals surface area contributed by atoms with Crippen molar-refractivity contribution in [2.24, 2.45) is 10.7 Å². The number of aryl methyl sites for hydroxylation is 1. The van der Waals surface area contributed by atoms with Gasteiger partial charge in [-0.3, -0.25) is 25.3 Å².